The molecule has 1 heterocycles. The molecule has 0 aliphatic carbocycles. The highest BCUT2D eigenvalue weighted by molar-refractivity contribution is 7.12. The van der Waals surface area contributed by atoms with Crippen molar-refractivity contribution < 1.29 is 19.1 Å². The molecule has 0 aliphatic heterocycles. The average molecular weight is 382 g/mol. The van der Waals surface area contributed by atoms with Gasteiger partial charge in [0.2, 0.25) is 5.91 Å². The number of ketones is 1. The van der Waals surface area contributed by atoms with E-state index in [2.05, 4.69) is 5.32 Å². The zero-order valence-electron chi connectivity index (χ0n) is 14.6. The van der Waals surface area contributed by atoms with E-state index >= 15 is 0 Å². The number of hydrogen-bond acceptors (Lipinski definition) is 5. The van der Waals surface area contributed by atoms with Crippen LogP contribution in [0.3, 0.4) is 0 Å². The zero-order chi connectivity index (χ0) is 18.6. The predicted octanol–water partition coefficient (Wildman–Crippen LogP) is 4.64. The second-order valence-electron chi connectivity index (χ2n) is 5.49. The topological polar surface area (TPSA) is 64.6 Å². The van der Waals surface area contributed by atoms with E-state index in [0.29, 0.717) is 27.8 Å². The van der Waals surface area contributed by atoms with Gasteiger partial charge < -0.3 is 14.8 Å². The molecule has 2 rings (SSSR count). The number of methoxy groups -OCH3 is 2. The van der Waals surface area contributed by atoms with Crippen molar-refractivity contribution in [2.24, 2.45) is 0 Å². The molecule has 0 atom stereocenters. The summed E-state index contributed by atoms with van der Waals surface area (Å²) in [5.41, 5.74) is 1.14. The Labute approximate surface area is 155 Å². The number of carbonyl (C=O) groups excluding carboxylic acids is 2. The maximum atomic E-state index is 12.3. The van der Waals surface area contributed by atoms with Crippen LogP contribution >= 0.6 is 22.9 Å². The number of amides is 1. The third-order valence-electron chi connectivity index (χ3n) is 3.67. The second kappa shape index (κ2) is 8.36. The second-order valence-corrected chi connectivity index (χ2v) is 7.35. The van der Waals surface area contributed by atoms with Crippen LogP contribution in [0.15, 0.2) is 18.2 Å². The number of rotatable bonds is 7. The summed E-state index contributed by atoms with van der Waals surface area (Å²) in [7, 11) is 2.97. The van der Waals surface area contributed by atoms with Crippen LogP contribution in [0.25, 0.3) is 0 Å². The molecule has 1 aromatic carbocycles. The highest BCUT2D eigenvalue weighted by Crippen LogP contribution is 2.36. The van der Waals surface area contributed by atoms with Crippen LogP contribution < -0.4 is 14.8 Å². The van der Waals surface area contributed by atoms with E-state index in [-0.39, 0.29) is 24.5 Å². The first-order chi connectivity index (χ1) is 11.8. The smallest absolute Gasteiger partial charge is 0.224 e. The molecular formula is C18H20ClNO4S. The Kier molecular flexibility index (Phi) is 6.45. The lowest BCUT2D eigenvalue weighted by atomic mass is 10.1. The Bertz CT molecular complexity index is 801. The van der Waals surface area contributed by atoms with Crippen molar-refractivity contribution in [1.82, 2.24) is 0 Å². The largest absolute Gasteiger partial charge is 0.495 e. The Morgan fingerprint density at radius 1 is 1.08 bits per heavy atom. The number of ether oxygens (including phenoxy) is 2. The minimum Gasteiger partial charge on any atom is -0.495 e. The summed E-state index contributed by atoms with van der Waals surface area (Å²) in [5, 5.41) is 3.12. The number of carbonyl (C=O) groups is 2. The summed E-state index contributed by atoms with van der Waals surface area (Å²) in [6.45, 7) is 3.87. The van der Waals surface area contributed by atoms with Gasteiger partial charge in [-0.25, -0.2) is 0 Å². The van der Waals surface area contributed by atoms with Gasteiger partial charge in [0, 0.05) is 40.3 Å². The fourth-order valence-corrected chi connectivity index (χ4v) is 3.61. The Hall–Kier alpha value is -2.05. The van der Waals surface area contributed by atoms with E-state index in [1.165, 1.54) is 14.2 Å². The third-order valence-corrected chi connectivity index (χ3v) is 4.93. The zero-order valence-corrected chi connectivity index (χ0v) is 16.1. The van der Waals surface area contributed by atoms with Gasteiger partial charge in [-0.15, -0.1) is 11.3 Å². The summed E-state index contributed by atoms with van der Waals surface area (Å²) < 4.78 is 10.4. The molecule has 1 N–H and O–H groups in total. The maximum Gasteiger partial charge on any atom is 0.224 e. The van der Waals surface area contributed by atoms with Crippen LogP contribution in [0.5, 0.6) is 11.5 Å². The van der Waals surface area contributed by atoms with Crippen LogP contribution in [0.2, 0.25) is 5.02 Å². The number of aryl methyl sites for hydroxylation is 2. The highest BCUT2D eigenvalue weighted by atomic mass is 35.5. The van der Waals surface area contributed by atoms with Gasteiger partial charge in [0.25, 0.3) is 0 Å². The number of nitrogens with one attached hydrogen (secondary N) is 1. The minimum absolute atomic E-state index is 0.0300. The molecule has 0 unspecified atom stereocenters. The Morgan fingerprint density at radius 2 is 1.76 bits per heavy atom. The number of halogens is 1. The van der Waals surface area contributed by atoms with E-state index in [9.17, 15) is 9.59 Å². The highest BCUT2D eigenvalue weighted by Gasteiger charge is 2.16. The van der Waals surface area contributed by atoms with Crippen molar-refractivity contribution in [3.05, 3.63) is 38.5 Å². The van der Waals surface area contributed by atoms with Gasteiger partial charge >= 0.3 is 0 Å². The van der Waals surface area contributed by atoms with Crippen molar-refractivity contribution in [3.8, 4) is 11.5 Å². The number of anilines is 1. The first kappa shape index (κ1) is 19.3. The van der Waals surface area contributed by atoms with Crippen LogP contribution in [0.4, 0.5) is 5.69 Å². The van der Waals surface area contributed by atoms with Crippen molar-refractivity contribution in [2.75, 3.05) is 19.5 Å². The standard InChI is InChI=1S/C18H20ClNO4S/c1-10-7-12(11(2)25-10)15(21)5-6-18(22)20-14-9-16(23-3)13(19)8-17(14)24-4/h7-9H,5-6H2,1-4H3,(H,20,22). The van der Waals surface area contributed by atoms with Gasteiger partial charge in [0.05, 0.1) is 24.9 Å². The molecule has 0 spiro atoms. The summed E-state index contributed by atoms with van der Waals surface area (Å²) in [4.78, 5) is 26.5. The van der Waals surface area contributed by atoms with Crippen molar-refractivity contribution in [2.45, 2.75) is 26.7 Å². The van der Waals surface area contributed by atoms with E-state index in [1.54, 1.807) is 23.5 Å². The van der Waals surface area contributed by atoms with E-state index in [0.717, 1.165) is 9.75 Å². The SMILES string of the molecule is COc1cc(NC(=O)CCC(=O)c2cc(C)sc2C)c(OC)cc1Cl. The third kappa shape index (κ3) is 4.74. The molecule has 2 aromatic rings. The fourth-order valence-electron chi connectivity index (χ4n) is 2.44. The molecule has 5 nitrogen and oxygen atoms in total. The molecule has 0 radical (unpaired) electrons. The summed E-state index contributed by atoms with van der Waals surface area (Å²) >= 11 is 7.62. The monoisotopic (exact) mass is 381 g/mol. The van der Waals surface area contributed by atoms with Crippen LogP contribution in [-0.2, 0) is 4.79 Å². The lowest BCUT2D eigenvalue weighted by Crippen LogP contribution is -2.14. The molecular weight excluding hydrogens is 362 g/mol. The number of Topliss-reactive ketones (excluding diaryl/α,β-unsaturated/α-hetero) is 1. The van der Waals surface area contributed by atoms with Crippen LogP contribution in [0, 0.1) is 13.8 Å². The molecule has 0 fully saturated rings. The van der Waals surface area contributed by atoms with Gasteiger partial charge in [0.1, 0.15) is 11.5 Å². The summed E-state index contributed by atoms with van der Waals surface area (Å²) in [6.07, 6.45) is 0.233. The first-order valence-electron chi connectivity index (χ1n) is 7.67. The first-order valence-corrected chi connectivity index (χ1v) is 8.86. The molecule has 1 aromatic heterocycles. The van der Waals surface area contributed by atoms with E-state index < -0.39 is 0 Å². The van der Waals surface area contributed by atoms with Crippen LogP contribution in [0.1, 0.15) is 33.0 Å². The van der Waals surface area contributed by atoms with Gasteiger partial charge in [-0.05, 0) is 19.9 Å². The predicted molar refractivity (Wildman–Crippen MR) is 101 cm³/mol. The molecule has 7 heteroatoms. The Morgan fingerprint density at radius 3 is 2.32 bits per heavy atom. The average Bonchev–Trinajstić information content (AvgIpc) is 2.92. The van der Waals surface area contributed by atoms with E-state index in [1.807, 2.05) is 19.9 Å². The van der Waals surface area contributed by atoms with Crippen molar-refractivity contribution in [3.63, 3.8) is 0 Å². The number of thiophene rings is 1. The van der Waals surface area contributed by atoms with Crippen molar-refractivity contribution in [1.29, 1.82) is 0 Å². The number of hydrogen-bond donors (Lipinski definition) is 1. The molecule has 0 saturated heterocycles. The summed E-state index contributed by atoms with van der Waals surface area (Å²) in [6, 6.07) is 5.03. The number of benzene rings is 1. The van der Waals surface area contributed by atoms with Gasteiger partial charge in [0.15, 0.2) is 5.78 Å². The van der Waals surface area contributed by atoms with Gasteiger partial charge in [-0.3, -0.25) is 9.59 Å². The Balaban J connectivity index is 2.03. The van der Waals surface area contributed by atoms with Gasteiger partial charge in [-0.2, -0.15) is 0 Å². The molecule has 1 amide bonds. The minimum atomic E-state index is -0.277. The lowest BCUT2D eigenvalue weighted by molar-refractivity contribution is -0.116. The normalized spacial score (nSPS) is 10.4. The fraction of sp³-hybridized carbons (Fsp3) is 0.333. The lowest BCUT2D eigenvalue weighted by Gasteiger charge is -2.13. The van der Waals surface area contributed by atoms with E-state index in [4.69, 9.17) is 21.1 Å². The maximum absolute atomic E-state index is 12.3. The molecule has 0 saturated carbocycles. The summed E-state index contributed by atoms with van der Waals surface area (Å²) in [5.74, 6) is 0.547. The van der Waals surface area contributed by atoms with Crippen LogP contribution in [-0.4, -0.2) is 25.9 Å². The quantitative estimate of drug-likeness (QED) is 0.710. The van der Waals surface area contributed by atoms with Gasteiger partial charge in [-0.1, -0.05) is 11.6 Å². The molecule has 134 valence electrons. The molecule has 0 aliphatic rings. The van der Waals surface area contributed by atoms with Crippen molar-refractivity contribution >= 4 is 40.3 Å². The molecule has 25 heavy (non-hydrogen) atoms. The molecule has 0 bridgehead atoms.